The van der Waals surface area contributed by atoms with Crippen molar-refractivity contribution in [1.29, 1.82) is 0 Å². The standard InChI is InChI=1S/C8H11N2.Y/c9-5-4-7-2-1-3-8(10)6-7;/h1-2,6H,4-5,9-10H2;/q-1;. The maximum atomic E-state index is 5.49. The van der Waals surface area contributed by atoms with Crippen LogP contribution in [0.15, 0.2) is 18.2 Å². The van der Waals surface area contributed by atoms with Crippen molar-refractivity contribution in [3.8, 4) is 0 Å². The summed E-state index contributed by atoms with van der Waals surface area (Å²) in [5, 5.41) is 0. The fourth-order valence-corrected chi connectivity index (χ4v) is 0.857. The van der Waals surface area contributed by atoms with Crippen LogP contribution < -0.4 is 11.5 Å². The molecule has 11 heavy (non-hydrogen) atoms. The van der Waals surface area contributed by atoms with E-state index in [0.29, 0.717) is 12.2 Å². The van der Waals surface area contributed by atoms with E-state index in [1.54, 1.807) is 0 Å². The second-order valence-electron chi connectivity index (χ2n) is 2.19. The van der Waals surface area contributed by atoms with Gasteiger partial charge in [-0.3, -0.25) is 0 Å². The normalized spacial score (nSPS) is 8.82. The largest absolute Gasteiger partial charge is 0.420 e. The summed E-state index contributed by atoms with van der Waals surface area (Å²) in [5.41, 5.74) is 12.7. The number of hydrogen-bond acceptors (Lipinski definition) is 2. The van der Waals surface area contributed by atoms with Crippen molar-refractivity contribution in [2.45, 2.75) is 6.42 Å². The number of benzene rings is 1. The maximum Gasteiger partial charge on any atom is 0 e. The summed E-state index contributed by atoms with van der Waals surface area (Å²) in [6.45, 7) is 0.670. The van der Waals surface area contributed by atoms with Gasteiger partial charge in [0.2, 0.25) is 0 Å². The number of nitrogen functional groups attached to an aromatic ring is 1. The van der Waals surface area contributed by atoms with Crippen LogP contribution in [0.4, 0.5) is 5.69 Å². The topological polar surface area (TPSA) is 52.0 Å². The van der Waals surface area contributed by atoms with Crippen LogP contribution in [0.1, 0.15) is 5.56 Å². The Labute approximate surface area is 92.2 Å². The molecule has 1 radical (unpaired) electrons. The van der Waals surface area contributed by atoms with Crippen LogP contribution in [0.3, 0.4) is 0 Å². The Kier molecular flexibility index (Phi) is 5.74. The van der Waals surface area contributed by atoms with E-state index in [9.17, 15) is 0 Å². The molecule has 0 fully saturated rings. The molecule has 0 aromatic heterocycles. The smallest absolute Gasteiger partial charge is 0 e. The van der Waals surface area contributed by atoms with Gasteiger partial charge in [0.1, 0.15) is 0 Å². The van der Waals surface area contributed by atoms with Crippen LogP contribution in [0, 0.1) is 6.07 Å². The first kappa shape index (κ1) is 11.1. The van der Waals surface area contributed by atoms with Crippen LogP contribution in [0.25, 0.3) is 0 Å². The molecule has 1 aromatic rings. The van der Waals surface area contributed by atoms with E-state index in [0.717, 1.165) is 6.42 Å². The van der Waals surface area contributed by atoms with Gasteiger partial charge < -0.3 is 11.5 Å². The summed E-state index contributed by atoms with van der Waals surface area (Å²) in [4.78, 5) is 0. The molecule has 3 heteroatoms. The Morgan fingerprint density at radius 1 is 1.45 bits per heavy atom. The first-order valence-electron chi connectivity index (χ1n) is 3.29. The SMILES string of the molecule is NCCc1cc[c-]c(N)c1.[Y]. The van der Waals surface area contributed by atoms with Crippen LogP contribution >= 0.6 is 0 Å². The Hall–Kier alpha value is 0.0839. The van der Waals surface area contributed by atoms with Crippen LogP contribution in [-0.4, -0.2) is 6.54 Å². The van der Waals surface area contributed by atoms with E-state index >= 15 is 0 Å². The molecule has 0 saturated heterocycles. The molecule has 1 aromatic carbocycles. The van der Waals surface area contributed by atoms with Crippen molar-refractivity contribution in [2.24, 2.45) is 5.73 Å². The predicted octanol–water partition coefficient (Wildman–Crippen LogP) is 0.568. The molecule has 0 saturated carbocycles. The summed E-state index contributed by atoms with van der Waals surface area (Å²) in [6, 6.07) is 8.56. The third kappa shape index (κ3) is 3.85. The summed E-state index contributed by atoms with van der Waals surface area (Å²) < 4.78 is 0. The Balaban J connectivity index is 0.000001000. The molecule has 0 heterocycles. The first-order chi connectivity index (χ1) is 4.83. The third-order valence-electron chi connectivity index (χ3n) is 1.32. The summed E-state index contributed by atoms with van der Waals surface area (Å²) in [5.74, 6) is 0. The fourth-order valence-electron chi connectivity index (χ4n) is 0.857. The predicted molar refractivity (Wildman–Crippen MR) is 42.4 cm³/mol. The zero-order valence-corrected chi connectivity index (χ0v) is 9.22. The molecule has 4 N–H and O–H groups in total. The second kappa shape index (κ2) is 5.70. The molecule has 0 aliphatic heterocycles. The van der Waals surface area contributed by atoms with Gasteiger partial charge in [-0.1, -0.05) is 5.69 Å². The monoisotopic (exact) mass is 224 g/mol. The molecule has 0 aliphatic rings. The molecule has 57 valence electrons. The van der Waals surface area contributed by atoms with Crippen molar-refractivity contribution in [3.63, 3.8) is 0 Å². The summed E-state index contributed by atoms with van der Waals surface area (Å²) >= 11 is 0. The van der Waals surface area contributed by atoms with E-state index in [2.05, 4.69) is 6.07 Å². The molecule has 0 unspecified atom stereocenters. The van der Waals surface area contributed by atoms with Crippen molar-refractivity contribution in [3.05, 3.63) is 29.8 Å². The molecule has 0 atom stereocenters. The number of nitrogens with two attached hydrogens (primary N) is 2. The van der Waals surface area contributed by atoms with Crippen LogP contribution in [-0.2, 0) is 39.1 Å². The van der Waals surface area contributed by atoms with Crippen LogP contribution in [0.2, 0.25) is 0 Å². The zero-order chi connectivity index (χ0) is 7.40. The number of hydrogen-bond donors (Lipinski definition) is 2. The van der Waals surface area contributed by atoms with Crippen molar-refractivity contribution in [1.82, 2.24) is 0 Å². The van der Waals surface area contributed by atoms with E-state index < -0.39 is 0 Å². The van der Waals surface area contributed by atoms with Gasteiger partial charge in [0.25, 0.3) is 0 Å². The Morgan fingerprint density at radius 2 is 2.18 bits per heavy atom. The Bertz CT molecular complexity index is 213. The molecule has 2 nitrogen and oxygen atoms in total. The van der Waals surface area contributed by atoms with Crippen molar-refractivity contribution < 1.29 is 32.7 Å². The van der Waals surface area contributed by atoms with Gasteiger partial charge in [0, 0.05) is 32.7 Å². The quantitative estimate of drug-likeness (QED) is 0.569. The first-order valence-corrected chi connectivity index (χ1v) is 3.29. The van der Waals surface area contributed by atoms with E-state index in [1.165, 1.54) is 5.56 Å². The van der Waals surface area contributed by atoms with E-state index in [4.69, 9.17) is 11.5 Å². The van der Waals surface area contributed by atoms with Gasteiger partial charge in [-0.2, -0.15) is 23.8 Å². The van der Waals surface area contributed by atoms with Gasteiger partial charge in [-0.15, -0.1) is 6.07 Å². The molecular weight excluding hydrogens is 213 g/mol. The van der Waals surface area contributed by atoms with Gasteiger partial charge >= 0.3 is 0 Å². The van der Waals surface area contributed by atoms with Crippen molar-refractivity contribution >= 4 is 5.69 Å². The molecular formula is C8H11N2Y-. The van der Waals surface area contributed by atoms with Crippen LogP contribution in [0.5, 0.6) is 0 Å². The van der Waals surface area contributed by atoms with E-state index in [-0.39, 0.29) is 32.7 Å². The van der Waals surface area contributed by atoms with E-state index in [1.807, 2.05) is 18.2 Å². The zero-order valence-electron chi connectivity index (χ0n) is 6.38. The number of rotatable bonds is 2. The minimum absolute atomic E-state index is 0. The molecule has 1 rings (SSSR count). The molecule has 0 spiro atoms. The van der Waals surface area contributed by atoms with Crippen molar-refractivity contribution in [2.75, 3.05) is 12.3 Å². The average Bonchev–Trinajstić information content (AvgIpc) is 1.88. The average molecular weight is 224 g/mol. The summed E-state index contributed by atoms with van der Waals surface area (Å²) in [6.07, 6.45) is 0.888. The fraction of sp³-hybridized carbons (Fsp3) is 0.250. The minimum Gasteiger partial charge on any atom is -0.420 e. The number of anilines is 1. The van der Waals surface area contributed by atoms with Gasteiger partial charge in [-0.05, 0) is 13.0 Å². The molecule has 0 aliphatic carbocycles. The third-order valence-corrected chi connectivity index (χ3v) is 1.32. The van der Waals surface area contributed by atoms with Gasteiger partial charge in [0.15, 0.2) is 0 Å². The van der Waals surface area contributed by atoms with Gasteiger partial charge in [0.05, 0.1) is 0 Å². The maximum absolute atomic E-state index is 5.49. The Morgan fingerprint density at radius 3 is 2.73 bits per heavy atom. The summed E-state index contributed by atoms with van der Waals surface area (Å²) in [7, 11) is 0. The molecule has 0 amide bonds. The minimum atomic E-state index is 0. The molecule has 0 bridgehead atoms. The second-order valence-corrected chi connectivity index (χ2v) is 2.19. The van der Waals surface area contributed by atoms with Gasteiger partial charge in [-0.25, -0.2) is 0 Å².